The van der Waals surface area contributed by atoms with E-state index in [0.717, 1.165) is 25.3 Å². The van der Waals surface area contributed by atoms with Gasteiger partial charge in [0, 0.05) is 5.56 Å². The van der Waals surface area contributed by atoms with Crippen molar-refractivity contribution in [3.8, 4) is 0 Å². The smallest absolute Gasteiger partial charge is 0.128 e. The van der Waals surface area contributed by atoms with Crippen molar-refractivity contribution in [3.05, 3.63) is 35.6 Å². The van der Waals surface area contributed by atoms with Gasteiger partial charge < -0.3 is 10.0 Å². The summed E-state index contributed by atoms with van der Waals surface area (Å²) in [6.45, 7) is 5.84. The molecule has 112 valence electrons. The second kappa shape index (κ2) is 7.75. The van der Waals surface area contributed by atoms with Crippen molar-refractivity contribution < 1.29 is 9.50 Å². The maximum atomic E-state index is 13.5. The number of aliphatic hydroxyl groups is 1. The van der Waals surface area contributed by atoms with Crippen molar-refractivity contribution in [1.82, 2.24) is 4.90 Å². The molecule has 0 aliphatic carbocycles. The number of piperidine rings is 1. The number of aliphatic hydroxyl groups excluding tert-OH is 1. The van der Waals surface area contributed by atoms with Crippen molar-refractivity contribution in [2.24, 2.45) is 5.92 Å². The average Bonchev–Trinajstić information content (AvgIpc) is 2.46. The van der Waals surface area contributed by atoms with Crippen molar-refractivity contribution in [1.29, 1.82) is 0 Å². The van der Waals surface area contributed by atoms with Crippen LogP contribution in [0.3, 0.4) is 0 Å². The van der Waals surface area contributed by atoms with Crippen LogP contribution in [0.4, 0.5) is 4.39 Å². The number of benzene rings is 1. The fraction of sp³-hybridized carbons (Fsp3) is 0.647. The van der Waals surface area contributed by atoms with Gasteiger partial charge in [0.1, 0.15) is 5.82 Å². The first-order chi connectivity index (χ1) is 9.66. The van der Waals surface area contributed by atoms with Crippen LogP contribution in [0, 0.1) is 11.7 Å². The molecular weight excluding hydrogens is 253 g/mol. The highest BCUT2D eigenvalue weighted by molar-refractivity contribution is 5.19. The molecule has 0 aromatic heterocycles. The van der Waals surface area contributed by atoms with E-state index >= 15 is 0 Å². The van der Waals surface area contributed by atoms with Gasteiger partial charge >= 0.3 is 0 Å². The van der Waals surface area contributed by atoms with Gasteiger partial charge in [0.05, 0.1) is 6.10 Å². The van der Waals surface area contributed by atoms with Crippen molar-refractivity contribution in [2.75, 3.05) is 19.6 Å². The van der Waals surface area contributed by atoms with E-state index < -0.39 is 6.10 Å². The topological polar surface area (TPSA) is 23.5 Å². The van der Waals surface area contributed by atoms with E-state index in [1.807, 2.05) is 0 Å². The number of halogens is 1. The van der Waals surface area contributed by atoms with Gasteiger partial charge in [-0.25, -0.2) is 4.39 Å². The monoisotopic (exact) mass is 279 g/mol. The van der Waals surface area contributed by atoms with E-state index in [-0.39, 0.29) is 5.82 Å². The number of unbranched alkanes of at least 4 members (excludes halogenated alkanes) is 1. The molecule has 1 heterocycles. The van der Waals surface area contributed by atoms with Crippen molar-refractivity contribution in [2.45, 2.75) is 45.1 Å². The van der Waals surface area contributed by atoms with Gasteiger partial charge in [0.15, 0.2) is 0 Å². The zero-order chi connectivity index (χ0) is 14.4. The summed E-state index contributed by atoms with van der Waals surface area (Å²) in [6, 6.07) is 6.51. The van der Waals surface area contributed by atoms with Crippen LogP contribution in [0.2, 0.25) is 0 Å². The lowest BCUT2D eigenvalue weighted by Crippen LogP contribution is -2.33. The molecule has 20 heavy (non-hydrogen) atoms. The first-order valence-corrected chi connectivity index (χ1v) is 7.81. The molecule has 0 amide bonds. The third-order valence-electron chi connectivity index (χ3n) is 4.34. The normalized spacial score (nSPS) is 19.1. The molecule has 1 fully saturated rings. The highest BCUT2D eigenvalue weighted by atomic mass is 19.1. The minimum Gasteiger partial charge on any atom is -0.388 e. The molecule has 0 spiro atoms. The third-order valence-corrected chi connectivity index (χ3v) is 4.34. The molecule has 0 bridgehead atoms. The lowest BCUT2D eigenvalue weighted by atomic mass is 9.98. The molecule has 0 radical (unpaired) electrons. The zero-order valence-corrected chi connectivity index (χ0v) is 12.4. The molecule has 1 unspecified atom stereocenters. The molecule has 1 atom stereocenters. The molecule has 0 saturated carbocycles. The predicted molar refractivity (Wildman–Crippen MR) is 80.0 cm³/mol. The van der Waals surface area contributed by atoms with Crippen LogP contribution in [0.1, 0.15) is 50.7 Å². The van der Waals surface area contributed by atoms with E-state index in [0.29, 0.717) is 12.0 Å². The predicted octanol–water partition coefficient (Wildman–Crippen LogP) is 3.76. The molecule has 1 saturated heterocycles. The van der Waals surface area contributed by atoms with E-state index in [9.17, 15) is 9.50 Å². The molecular formula is C17H26FNO. The van der Waals surface area contributed by atoms with Crippen LogP contribution in [0.5, 0.6) is 0 Å². The standard InChI is InChI=1S/C17H26FNO/c1-14-9-12-19(13-10-14)11-5-4-8-17(20)15-6-2-3-7-16(15)18/h2-3,6-7,14,17,20H,4-5,8-13H2,1H3. The Labute approximate surface area is 121 Å². The van der Waals surface area contributed by atoms with E-state index in [4.69, 9.17) is 0 Å². The summed E-state index contributed by atoms with van der Waals surface area (Å²) in [7, 11) is 0. The molecule has 1 aromatic carbocycles. The van der Waals surface area contributed by atoms with Gasteiger partial charge in [-0.15, -0.1) is 0 Å². The van der Waals surface area contributed by atoms with Crippen LogP contribution in [0.25, 0.3) is 0 Å². The summed E-state index contributed by atoms with van der Waals surface area (Å²) in [5.41, 5.74) is 0.430. The molecule has 1 N–H and O–H groups in total. The summed E-state index contributed by atoms with van der Waals surface area (Å²) in [5.74, 6) is 0.569. The zero-order valence-electron chi connectivity index (χ0n) is 12.4. The minimum atomic E-state index is -0.669. The highest BCUT2D eigenvalue weighted by Gasteiger charge is 2.15. The van der Waals surface area contributed by atoms with Crippen LogP contribution in [-0.4, -0.2) is 29.6 Å². The SMILES string of the molecule is CC1CCN(CCCCC(O)c2ccccc2F)CC1. The number of hydrogen-bond donors (Lipinski definition) is 1. The lowest BCUT2D eigenvalue weighted by molar-refractivity contribution is 0.151. The van der Waals surface area contributed by atoms with Crippen molar-refractivity contribution >= 4 is 0 Å². The Morgan fingerprint density at radius 3 is 2.65 bits per heavy atom. The number of rotatable bonds is 6. The number of nitrogens with zero attached hydrogens (tertiary/aromatic N) is 1. The van der Waals surface area contributed by atoms with Gasteiger partial charge in [0.25, 0.3) is 0 Å². The largest absolute Gasteiger partial charge is 0.388 e. The Balaban J connectivity index is 1.65. The summed E-state index contributed by atoms with van der Waals surface area (Å²) >= 11 is 0. The van der Waals surface area contributed by atoms with Gasteiger partial charge in [-0.05, 0) is 63.7 Å². The Morgan fingerprint density at radius 2 is 1.95 bits per heavy atom. The third kappa shape index (κ3) is 4.57. The summed E-state index contributed by atoms with van der Waals surface area (Å²) in [4.78, 5) is 2.51. The Morgan fingerprint density at radius 1 is 1.25 bits per heavy atom. The van der Waals surface area contributed by atoms with Crippen LogP contribution < -0.4 is 0 Å². The van der Waals surface area contributed by atoms with Crippen LogP contribution in [-0.2, 0) is 0 Å². The maximum absolute atomic E-state index is 13.5. The van der Waals surface area contributed by atoms with Gasteiger partial charge in [0.2, 0.25) is 0 Å². The minimum absolute atomic E-state index is 0.301. The molecule has 2 nitrogen and oxygen atoms in total. The van der Waals surface area contributed by atoms with Gasteiger partial charge in [-0.2, -0.15) is 0 Å². The van der Waals surface area contributed by atoms with E-state index in [1.165, 1.54) is 32.0 Å². The molecule has 1 aromatic rings. The molecule has 1 aliphatic rings. The maximum Gasteiger partial charge on any atom is 0.128 e. The molecule has 1 aliphatic heterocycles. The first-order valence-electron chi connectivity index (χ1n) is 7.81. The quantitative estimate of drug-likeness (QED) is 0.801. The fourth-order valence-corrected chi connectivity index (χ4v) is 2.86. The Hall–Kier alpha value is -0.930. The Kier molecular flexibility index (Phi) is 5.99. The van der Waals surface area contributed by atoms with Crippen LogP contribution in [0.15, 0.2) is 24.3 Å². The highest BCUT2D eigenvalue weighted by Crippen LogP contribution is 2.22. The molecule has 2 rings (SSSR count). The number of likely N-dealkylation sites (tertiary alicyclic amines) is 1. The summed E-state index contributed by atoms with van der Waals surface area (Å²) < 4.78 is 13.5. The van der Waals surface area contributed by atoms with Crippen LogP contribution >= 0.6 is 0 Å². The number of hydrogen-bond acceptors (Lipinski definition) is 2. The lowest BCUT2D eigenvalue weighted by Gasteiger charge is -2.30. The first kappa shape index (κ1) is 15.5. The van der Waals surface area contributed by atoms with Crippen molar-refractivity contribution in [3.63, 3.8) is 0 Å². The van der Waals surface area contributed by atoms with Gasteiger partial charge in [-0.1, -0.05) is 25.1 Å². The summed E-state index contributed by atoms with van der Waals surface area (Å²) in [5, 5.41) is 10.0. The Bertz CT molecular complexity index is 402. The summed E-state index contributed by atoms with van der Waals surface area (Å²) in [6.07, 6.45) is 4.61. The average molecular weight is 279 g/mol. The van der Waals surface area contributed by atoms with E-state index in [1.54, 1.807) is 18.2 Å². The van der Waals surface area contributed by atoms with Gasteiger partial charge in [-0.3, -0.25) is 0 Å². The molecule has 3 heteroatoms. The second-order valence-electron chi connectivity index (χ2n) is 6.06. The fourth-order valence-electron chi connectivity index (χ4n) is 2.86. The second-order valence-corrected chi connectivity index (χ2v) is 6.06. The van der Waals surface area contributed by atoms with E-state index in [2.05, 4.69) is 11.8 Å².